The van der Waals surface area contributed by atoms with Crippen molar-refractivity contribution in [2.45, 2.75) is 38.0 Å². The second-order valence-electron chi connectivity index (χ2n) is 8.39. The molecule has 0 atom stereocenters. The van der Waals surface area contributed by atoms with E-state index >= 15 is 0 Å². The Hall–Kier alpha value is -3.12. The van der Waals surface area contributed by atoms with E-state index in [4.69, 9.17) is 0 Å². The minimum Gasteiger partial charge on any atom is -0.358 e. The third-order valence-corrected chi connectivity index (χ3v) is 6.31. The number of sulfonamides is 1. The summed E-state index contributed by atoms with van der Waals surface area (Å²) >= 11 is 0. The summed E-state index contributed by atoms with van der Waals surface area (Å²) < 4.78 is 54.3. The highest BCUT2D eigenvalue weighted by Gasteiger charge is 2.27. The molecule has 0 spiro atoms. The Balaban J connectivity index is 1.60. The van der Waals surface area contributed by atoms with Gasteiger partial charge in [-0.2, -0.15) is 0 Å². The van der Waals surface area contributed by atoms with Crippen LogP contribution < -0.4 is 15.4 Å². The van der Waals surface area contributed by atoms with E-state index in [1.165, 1.54) is 0 Å². The van der Waals surface area contributed by atoms with E-state index in [0.717, 1.165) is 17.3 Å². The molecule has 0 aliphatic heterocycles. The maximum atomic E-state index is 14.0. The molecule has 0 saturated carbocycles. The molecule has 1 aliphatic rings. The summed E-state index contributed by atoms with van der Waals surface area (Å²) in [6.45, 7) is 0.247. The Morgan fingerprint density at radius 3 is 2.69 bits per heavy atom. The van der Waals surface area contributed by atoms with Gasteiger partial charge in [0, 0.05) is 61.5 Å². The van der Waals surface area contributed by atoms with Gasteiger partial charge in [0.1, 0.15) is 5.65 Å². The van der Waals surface area contributed by atoms with E-state index in [9.17, 15) is 26.8 Å². The lowest BCUT2D eigenvalue weighted by Gasteiger charge is -2.17. The van der Waals surface area contributed by atoms with Gasteiger partial charge >= 0.3 is 0 Å². The number of nitrogens with one attached hydrogen (secondary N) is 3. The fraction of sp³-hybridized carbons (Fsp3) is 0.435. The molecule has 0 saturated heterocycles. The zero-order valence-electron chi connectivity index (χ0n) is 19.4. The minimum atomic E-state index is -3.29. The predicted octanol–water partition coefficient (Wildman–Crippen LogP) is 1.97. The van der Waals surface area contributed by atoms with Crippen molar-refractivity contribution in [3.8, 4) is 0 Å². The van der Waals surface area contributed by atoms with Gasteiger partial charge in [0.05, 0.1) is 6.26 Å². The van der Waals surface area contributed by atoms with Gasteiger partial charge in [-0.3, -0.25) is 9.59 Å². The first-order valence-electron chi connectivity index (χ1n) is 11.2. The molecule has 0 radical (unpaired) electrons. The number of rotatable bonds is 13. The number of nitrogens with zero attached hydrogens (tertiary/aromatic N) is 2. The molecule has 2 aromatic heterocycles. The number of aryl methyl sites for hydroxylation is 1. The van der Waals surface area contributed by atoms with Gasteiger partial charge in [-0.25, -0.2) is 26.9 Å². The lowest BCUT2D eigenvalue weighted by molar-refractivity contribution is -0.117. The standard InChI is InChI=1S/C23H29F2N5O4S/c1-35(33,34)29-12-11-27-22(32)18-2-4-20(5-3-18)30-13-7-19-14-17(15-28-21(19)30)6-8-23(24,25)9-10-26-16-31/h2,4,7,13-16,29H,3,5-6,8-12H2,1H3,(H,26,31)(H,27,32). The molecular weight excluding hydrogens is 480 g/mol. The van der Waals surface area contributed by atoms with Crippen molar-refractivity contribution in [1.29, 1.82) is 0 Å². The summed E-state index contributed by atoms with van der Waals surface area (Å²) in [5.74, 6) is -3.11. The van der Waals surface area contributed by atoms with Crippen molar-refractivity contribution < 1.29 is 26.8 Å². The third-order valence-electron chi connectivity index (χ3n) is 5.58. The van der Waals surface area contributed by atoms with Crippen LogP contribution in [-0.2, 0) is 26.0 Å². The minimum absolute atomic E-state index is 0.0655. The number of pyridine rings is 1. The number of carbonyl (C=O) groups excluding carboxylic acids is 2. The van der Waals surface area contributed by atoms with Crippen molar-refractivity contribution in [2.24, 2.45) is 0 Å². The first-order valence-corrected chi connectivity index (χ1v) is 13.1. The van der Waals surface area contributed by atoms with Crippen molar-refractivity contribution in [1.82, 2.24) is 24.9 Å². The number of hydrogen-bond donors (Lipinski definition) is 3. The van der Waals surface area contributed by atoms with Crippen LogP contribution in [0, 0.1) is 0 Å². The van der Waals surface area contributed by atoms with Gasteiger partial charge in [-0.05, 0) is 43.0 Å². The number of allylic oxidation sites excluding steroid dienone is 3. The number of aromatic nitrogens is 2. The van der Waals surface area contributed by atoms with Crippen molar-refractivity contribution >= 4 is 39.1 Å². The molecule has 12 heteroatoms. The van der Waals surface area contributed by atoms with Crippen molar-refractivity contribution in [2.75, 3.05) is 25.9 Å². The van der Waals surface area contributed by atoms with E-state index in [1.54, 1.807) is 12.3 Å². The van der Waals surface area contributed by atoms with Crippen LogP contribution in [0.5, 0.6) is 0 Å². The SMILES string of the molecule is CS(=O)(=O)NCCNC(=O)C1=CC=C(n2ccc3cc(CCC(F)(F)CCNC=O)cnc32)CC1. The summed E-state index contributed by atoms with van der Waals surface area (Å²) in [7, 11) is -3.29. The molecule has 2 heterocycles. The van der Waals surface area contributed by atoms with E-state index in [0.29, 0.717) is 36.0 Å². The zero-order valence-corrected chi connectivity index (χ0v) is 20.2. The molecule has 190 valence electrons. The highest BCUT2D eigenvalue weighted by Crippen LogP contribution is 2.28. The molecule has 3 rings (SSSR count). The van der Waals surface area contributed by atoms with Crippen LogP contribution in [0.15, 0.2) is 42.3 Å². The molecule has 9 nitrogen and oxygen atoms in total. The monoisotopic (exact) mass is 509 g/mol. The molecular formula is C23H29F2N5O4S. The highest BCUT2D eigenvalue weighted by atomic mass is 32.2. The fourth-order valence-electron chi connectivity index (χ4n) is 3.75. The summed E-state index contributed by atoms with van der Waals surface area (Å²) in [5, 5.41) is 5.78. The smallest absolute Gasteiger partial charge is 0.250 e. The average molecular weight is 510 g/mol. The van der Waals surface area contributed by atoms with Gasteiger partial charge < -0.3 is 15.2 Å². The Bertz CT molecular complexity index is 1240. The van der Waals surface area contributed by atoms with Gasteiger partial charge in [0.2, 0.25) is 28.3 Å². The van der Waals surface area contributed by atoms with Crippen LogP contribution >= 0.6 is 0 Å². The highest BCUT2D eigenvalue weighted by molar-refractivity contribution is 7.88. The Kier molecular flexibility index (Phi) is 8.73. The quantitative estimate of drug-likeness (QED) is 0.282. The Morgan fingerprint density at radius 1 is 1.20 bits per heavy atom. The van der Waals surface area contributed by atoms with E-state index < -0.39 is 22.4 Å². The molecule has 35 heavy (non-hydrogen) atoms. The molecule has 0 bridgehead atoms. The van der Waals surface area contributed by atoms with Gasteiger partial charge in [0.25, 0.3) is 0 Å². The summed E-state index contributed by atoms with van der Waals surface area (Å²) in [5.41, 5.74) is 2.96. The van der Waals surface area contributed by atoms with Crippen LogP contribution in [0.25, 0.3) is 16.7 Å². The molecule has 3 N–H and O–H groups in total. The zero-order chi connectivity index (χ0) is 25.5. The van der Waals surface area contributed by atoms with Crippen molar-refractivity contribution in [3.05, 3.63) is 47.8 Å². The maximum absolute atomic E-state index is 14.0. The second-order valence-corrected chi connectivity index (χ2v) is 10.2. The van der Waals surface area contributed by atoms with Crippen LogP contribution in [-0.4, -0.2) is 62.1 Å². The van der Waals surface area contributed by atoms with Crippen molar-refractivity contribution in [3.63, 3.8) is 0 Å². The molecule has 0 aromatic carbocycles. The number of carbonyl (C=O) groups is 2. The van der Waals surface area contributed by atoms with Gasteiger partial charge in [0.15, 0.2) is 0 Å². The number of amides is 2. The normalized spacial score (nSPS) is 14.4. The number of halogens is 2. The average Bonchev–Trinajstić information content (AvgIpc) is 3.23. The van der Waals surface area contributed by atoms with Crippen LogP contribution in [0.1, 0.15) is 31.2 Å². The van der Waals surface area contributed by atoms with Crippen LogP contribution in [0.4, 0.5) is 8.78 Å². The predicted molar refractivity (Wildman–Crippen MR) is 129 cm³/mol. The molecule has 0 unspecified atom stereocenters. The lowest BCUT2D eigenvalue weighted by atomic mass is 10.0. The first-order chi connectivity index (χ1) is 16.6. The molecule has 2 amide bonds. The molecule has 1 aliphatic carbocycles. The second kappa shape index (κ2) is 11.5. The van der Waals surface area contributed by atoms with E-state index in [2.05, 4.69) is 20.3 Å². The largest absolute Gasteiger partial charge is 0.358 e. The van der Waals surface area contributed by atoms with Gasteiger partial charge in [-0.1, -0.05) is 6.08 Å². The van der Waals surface area contributed by atoms with E-state index in [1.807, 2.05) is 29.0 Å². The molecule has 2 aromatic rings. The summed E-state index contributed by atoms with van der Waals surface area (Å²) in [6, 6.07) is 3.72. The van der Waals surface area contributed by atoms with Gasteiger partial charge in [-0.15, -0.1) is 0 Å². The number of hydrogen-bond acceptors (Lipinski definition) is 5. The summed E-state index contributed by atoms with van der Waals surface area (Å²) in [6.07, 6.45) is 9.07. The Labute approximate surface area is 202 Å². The first kappa shape index (κ1) is 26.5. The van der Waals surface area contributed by atoms with E-state index in [-0.39, 0.29) is 38.4 Å². The fourth-order valence-corrected chi connectivity index (χ4v) is 4.22. The van der Waals surface area contributed by atoms with Crippen LogP contribution in [0.2, 0.25) is 0 Å². The molecule has 0 fully saturated rings. The lowest BCUT2D eigenvalue weighted by Crippen LogP contribution is -2.35. The number of fused-ring (bicyclic) bond motifs is 1. The topological polar surface area (TPSA) is 122 Å². The summed E-state index contributed by atoms with van der Waals surface area (Å²) in [4.78, 5) is 27.0. The Morgan fingerprint density at radius 2 is 2.00 bits per heavy atom. The third kappa shape index (κ3) is 7.96. The maximum Gasteiger partial charge on any atom is 0.250 e. The van der Waals surface area contributed by atoms with Crippen LogP contribution in [0.3, 0.4) is 0 Å². The number of alkyl halides is 2.